The second-order valence-corrected chi connectivity index (χ2v) is 9.06. The molecule has 192 valence electrons. The summed E-state index contributed by atoms with van der Waals surface area (Å²) in [5.74, 6) is -0.850. The molecule has 0 unspecified atom stereocenters. The van der Waals surface area contributed by atoms with Crippen LogP contribution >= 0.6 is 12.2 Å². The molecule has 1 amide bonds. The van der Waals surface area contributed by atoms with Gasteiger partial charge in [-0.15, -0.1) is 0 Å². The largest absolute Gasteiger partial charge is 0.352 e. The van der Waals surface area contributed by atoms with Crippen LogP contribution in [0.15, 0.2) is 91.3 Å². The Kier molecular flexibility index (Phi) is 7.09. The fraction of sp³-hybridized carbons (Fsp3) is 0.148. The first-order chi connectivity index (χ1) is 18.4. The number of nitro groups is 1. The Hall–Kier alpha value is -4.64. The predicted octanol–water partition coefficient (Wildman–Crippen LogP) is 4.92. The van der Waals surface area contributed by atoms with Gasteiger partial charge in [0.2, 0.25) is 5.91 Å². The number of para-hydroxylation sites is 1. The molecule has 2 aromatic carbocycles. The Morgan fingerprint density at radius 2 is 1.84 bits per heavy atom. The Bertz CT molecular complexity index is 1480. The van der Waals surface area contributed by atoms with Crippen molar-refractivity contribution in [2.75, 3.05) is 11.9 Å². The highest BCUT2D eigenvalue weighted by molar-refractivity contribution is 7.80. The third-order valence-electron chi connectivity index (χ3n) is 6.35. The van der Waals surface area contributed by atoms with Crippen molar-refractivity contribution in [3.63, 3.8) is 0 Å². The van der Waals surface area contributed by atoms with Crippen LogP contribution in [0.3, 0.4) is 0 Å². The van der Waals surface area contributed by atoms with Crippen LogP contribution in [0.2, 0.25) is 0 Å². The average Bonchev–Trinajstić information content (AvgIpc) is 3.53. The molecule has 5 rings (SSSR count). The minimum absolute atomic E-state index is 0.0000192. The first kappa shape index (κ1) is 25.0. The first-order valence-electron chi connectivity index (χ1n) is 11.9. The van der Waals surface area contributed by atoms with Crippen LogP contribution in [-0.4, -0.2) is 36.9 Å². The third-order valence-corrected chi connectivity index (χ3v) is 6.70. The van der Waals surface area contributed by atoms with Crippen molar-refractivity contribution in [1.82, 2.24) is 19.8 Å². The van der Waals surface area contributed by atoms with Crippen LogP contribution in [0.25, 0.3) is 5.69 Å². The third kappa shape index (κ3) is 5.09. The van der Waals surface area contributed by atoms with E-state index in [1.54, 1.807) is 30.5 Å². The number of carbonyl (C=O) groups is 1. The minimum atomic E-state index is -0.506. The van der Waals surface area contributed by atoms with E-state index in [-0.39, 0.29) is 42.3 Å². The summed E-state index contributed by atoms with van der Waals surface area (Å²) >= 11 is 5.69. The lowest BCUT2D eigenvalue weighted by atomic mass is 10.0. The highest BCUT2D eigenvalue weighted by atomic mass is 32.1. The molecule has 1 aliphatic heterocycles. The van der Waals surface area contributed by atoms with Gasteiger partial charge in [0.15, 0.2) is 5.11 Å². The number of rotatable bonds is 8. The molecule has 2 N–H and O–H groups in total. The Morgan fingerprint density at radius 1 is 1.08 bits per heavy atom. The van der Waals surface area contributed by atoms with E-state index < -0.39 is 10.7 Å². The van der Waals surface area contributed by atoms with Gasteiger partial charge in [-0.05, 0) is 60.7 Å². The van der Waals surface area contributed by atoms with Crippen LogP contribution in [0.1, 0.15) is 29.9 Å². The summed E-state index contributed by atoms with van der Waals surface area (Å²) in [7, 11) is 0. The van der Waals surface area contributed by atoms with Crippen molar-refractivity contribution >= 4 is 34.6 Å². The molecule has 1 saturated heterocycles. The number of thiocarbonyl (C=S) groups is 1. The van der Waals surface area contributed by atoms with Crippen molar-refractivity contribution in [2.45, 2.75) is 18.5 Å². The molecule has 0 bridgehead atoms. The number of halogens is 1. The highest BCUT2D eigenvalue weighted by Gasteiger charge is 2.41. The summed E-state index contributed by atoms with van der Waals surface area (Å²) < 4.78 is 15.9. The van der Waals surface area contributed by atoms with Gasteiger partial charge in [0.25, 0.3) is 5.69 Å². The number of pyridine rings is 1. The zero-order valence-electron chi connectivity index (χ0n) is 20.0. The predicted molar refractivity (Wildman–Crippen MR) is 144 cm³/mol. The van der Waals surface area contributed by atoms with Crippen molar-refractivity contribution in [1.29, 1.82) is 0 Å². The molecule has 2 atom stereocenters. The maximum absolute atomic E-state index is 14.0. The van der Waals surface area contributed by atoms with E-state index in [2.05, 4.69) is 15.6 Å². The van der Waals surface area contributed by atoms with Gasteiger partial charge >= 0.3 is 0 Å². The Labute approximate surface area is 223 Å². The number of carbonyl (C=O) groups excluding carboxylic acids is 1. The van der Waals surface area contributed by atoms with Gasteiger partial charge in [-0.25, -0.2) is 4.39 Å². The smallest absolute Gasteiger partial charge is 0.269 e. The molecule has 3 heterocycles. The van der Waals surface area contributed by atoms with Gasteiger partial charge < -0.3 is 20.1 Å². The lowest BCUT2D eigenvalue weighted by molar-refractivity contribution is -0.384. The van der Waals surface area contributed by atoms with E-state index in [9.17, 15) is 19.3 Å². The summed E-state index contributed by atoms with van der Waals surface area (Å²) in [6.45, 7) is 0.269. The SMILES string of the molecule is O=C(CCN1C(=S)N[C@H](c2ccccn2)[C@@H]1c1cccn1-c1ccc([N+](=O)[O-])cc1)Nc1ccccc1F. The normalized spacial score (nSPS) is 16.8. The maximum Gasteiger partial charge on any atom is 0.269 e. The Morgan fingerprint density at radius 3 is 2.55 bits per heavy atom. The first-order valence-corrected chi connectivity index (χ1v) is 12.3. The number of hydrogen-bond donors (Lipinski definition) is 2. The number of nitrogens with zero attached hydrogens (tertiary/aromatic N) is 4. The molecule has 0 aliphatic carbocycles. The molecule has 0 radical (unpaired) electrons. The number of amides is 1. The molecule has 0 saturated carbocycles. The fourth-order valence-corrected chi connectivity index (χ4v) is 4.90. The number of hydrogen-bond acceptors (Lipinski definition) is 5. The molecule has 0 spiro atoms. The van der Waals surface area contributed by atoms with E-state index in [1.807, 2.05) is 46.0 Å². The van der Waals surface area contributed by atoms with E-state index in [4.69, 9.17) is 12.2 Å². The molecule has 11 heteroatoms. The maximum atomic E-state index is 14.0. The van der Waals surface area contributed by atoms with Gasteiger partial charge in [-0.2, -0.15) is 0 Å². The van der Waals surface area contributed by atoms with E-state index in [0.717, 1.165) is 17.1 Å². The zero-order valence-corrected chi connectivity index (χ0v) is 20.8. The fourth-order valence-electron chi connectivity index (χ4n) is 4.57. The standard InChI is InChI=1S/C27H23FN6O3S/c28-20-6-1-2-7-21(20)30-24(35)14-17-33-26(25(31-27(33)38)22-8-3-4-15-29-22)23-9-5-16-32(23)18-10-12-19(13-11-18)34(36)37/h1-13,15-16,25-26H,14,17H2,(H,30,35)(H,31,38)/t25-,26+/m1/s1. The number of nitro benzene ring substituents is 1. The van der Waals surface area contributed by atoms with E-state index >= 15 is 0 Å². The van der Waals surface area contributed by atoms with Crippen LogP contribution < -0.4 is 10.6 Å². The van der Waals surface area contributed by atoms with Gasteiger partial charge in [0.1, 0.15) is 5.82 Å². The lowest BCUT2D eigenvalue weighted by Crippen LogP contribution is -2.33. The van der Waals surface area contributed by atoms with Crippen molar-refractivity contribution in [2.24, 2.45) is 0 Å². The van der Waals surface area contributed by atoms with Gasteiger partial charge in [0.05, 0.1) is 28.4 Å². The molecule has 4 aromatic rings. The number of benzene rings is 2. The van der Waals surface area contributed by atoms with Gasteiger partial charge in [-0.1, -0.05) is 18.2 Å². The van der Waals surface area contributed by atoms with Crippen molar-refractivity contribution in [3.05, 3.63) is 119 Å². The second kappa shape index (κ2) is 10.8. The summed E-state index contributed by atoms with van der Waals surface area (Å²) in [5.41, 5.74) is 2.49. The van der Waals surface area contributed by atoms with Gasteiger partial charge in [0, 0.05) is 48.9 Å². The van der Waals surface area contributed by atoms with Crippen LogP contribution in [-0.2, 0) is 4.79 Å². The highest BCUT2D eigenvalue weighted by Crippen LogP contribution is 2.39. The monoisotopic (exact) mass is 530 g/mol. The molecule has 9 nitrogen and oxygen atoms in total. The number of non-ortho nitro benzene ring substituents is 1. The van der Waals surface area contributed by atoms with Crippen molar-refractivity contribution < 1.29 is 14.1 Å². The molecule has 1 aliphatic rings. The zero-order chi connectivity index (χ0) is 26.6. The van der Waals surface area contributed by atoms with E-state index in [0.29, 0.717) is 5.11 Å². The lowest BCUT2D eigenvalue weighted by Gasteiger charge is -2.28. The van der Waals surface area contributed by atoms with Crippen LogP contribution in [0, 0.1) is 15.9 Å². The number of anilines is 1. The Balaban J connectivity index is 1.45. The summed E-state index contributed by atoms with van der Waals surface area (Å²) in [6.07, 6.45) is 3.65. The molecule has 1 fully saturated rings. The van der Waals surface area contributed by atoms with Crippen LogP contribution in [0.4, 0.5) is 15.8 Å². The summed E-state index contributed by atoms with van der Waals surface area (Å²) in [5, 5.41) is 17.5. The molecular formula is C27H23FN6O3S. The van der Waals surface area contributed by atoms with Crippen molar-refractivity contribution in [3.8, 4) is 5.69 Å². The molecule has 38 heavy (non-hydrogen) atoms. The number of nitrogens with one attached hydrogen (secondary N) is 2. The quantitative estimate of drug-likeness (QED) is 0.189. The number of aromatic nitrogens is 2. The topological polar surface area (TPSA) is 105 Å². The van der Waals surface area contributed by atoms with E-state index in [1.165, 1.54) is 24.3 Å². The second-order valence-electron chi connectivity index (χ2n) is 8.67. The summed E-state index contributed by atoms with van der Waals surface area (Å²) in [4.78, 5) is 29.8. The molecular weight excluding hydrogens is 507 g/mol. The summed E-state index contributed by atoms with van der Waals surface area (Å²) in [6, 6.07) is 21.1. The molecule has 2 aromatic heterocycles. The van der Waals surface area contributed by atoms with Crippen LogP contribution in [0.5, 0.6) is 0 Å². The van der Waals surface area contributed by atoms with Gasteiger partial charge in [-0.3, -0.25) is 19.9 Å². The minimum Gasteiger partial charge on any atom is -0.352 e. The average molecular weight is 531 g/mol.